The third kappa shape index (κ3) is 6.73. The minimum absolute atomic E-state index is 0.0729. The number of amides is 1. The molecule has 3 nitrogen and oxygen atoms in total. The molecule has 0 aromatic heterocycles. The summed E-state index contributed by atoms with van der Waals surface area (Å²) in [5.41, 5.74) is 3.55. The molecule has 0 heterocycles. The van der Waals surface area contributed by atoms with Crippen LogP contribution in [-0.2, 0) is 16.0 Å². The molecule has 1 aromatic carbocycles. The summed E-state index contributed by atoms with van der Waals surface area (Å²) >= 11 is 3.29. The van der Waals surface area contributed by atoms with E-state index in [9.17, 15) is 4.79 Å². The number of benzene rings is 1. The Morgan fingerprint density at radius 3 is 2.74 bits per heavy atom. The summed E-state index contributed by atoms with van der Waals surface area (Å²) in [6.07, 6.45) is 1.30. The first kappa shape index (κ1) is 16.2. The molecule has 0 fully saturated rings. The molecule has 4 heteroatoms. The van der Waals surface area contributed by atoms with E-state index >= 15 is 0 Å². The number of halogens is 1. The monoisotopic (exact) mass is 327 g/mol. The molecule has 0 spiro atoms. The quantitative estimate of drug-likeness (QED) is 0.589. The van der Waals surface area contributed by atoms with E-state index in [1.807, 2.05) is 6.07 Å². The summed E-state index contributed by atoms with van der Waals surface area (Å²) in [5.74, 6) is 0.0729. The first-order valence-electron chi connectivity index (χ1n) is 6.60. The topological polar surface area (TPSA) is 38.3 Å². The molecule has 0 aliphatic carbocycles. The number of hydrogen-bond acceptors (Lipinski definition) is 2. The van der Waals surface area contributed by atoms with Gasteiger partial charge in [0.1, 0.15) is 0 Å². The van der Waals surface area contributed by atoms with Crippen molar-refractivity contribution in [3.05, 3.63) is 34.9 Å². The molecular formula is C15H22BrNO2. The van der Waals surface area contributed by atoms with E-state index in [-0.39, 0.29) is 5.91 Å². The van der Waals surface area contributed by atoms with Gasteiger partial charge < -0.3 is 10.1 Å². The fourth-order valence-corrected chi connectivity index (χ4v) is 1.95. The molecule has 0 atom stereocenters. The van der Waals surface area contributed by atoms with Gasteiger partial charge >= 0.3 is 0 Å². The van der Waals surface area contributed by atoms with Crippen LogP contribution in [0, 0.1) is 13.8 Å². The molecule has 0 saturated carbocycles. The van der Waals surface area contributed by atoms with Gasteiger partial charge in [-0.05, 0) is 37.0 Å². The van der Waals surface area contributed by atoms with Gasteiger partial charge in [0.2, 0.25) is 5.91 Å². The molecule has 19 heavy (non-hydrogen) atoms. The maximum atomic E-state index is 11.7. The van der Waals surface area contributed by atoms with E-state index in [1.54, 1.807) is 0 Å². The Balaban J connectivity index is 2.21. The highest BCUT2D eigenvalue weighted by molar-refractivity contribution is 9.09. The van der Waals surface area contributed by atoms with Crippen LogP contribution in [0.4, 0.5) is 0 Å². The van der Waals surface area contributed by atoms with E-state index in [2.05, 4.69) is 47.2 Å². The van der Waals surface area contributed by atoms with E-state index in [4.69, 9.17) is 4.74 Å². The van der Waals surface area contributed by atoms with Crippen molar-refractivity contribution < 1.29 is 9.53 Å². The molecule has 1 amide bonds. The maximum absolute atomic E-state index is 11.7. The van der Waals surface area contributed by atoms with Crippen LogP contribution in [0.25, 0.3) is 0 Å². The standard InChI is InChI=1S/C15H22BrNO2/c1-12-4-5-14(10-13(12)2)11-15(18)17-7-3-8-19-9-6-16/h4-5,10H,3,6-9,11H2,1-2H3,(H,17,18). The number of nitrogens with one attached hydrogen (secondary N) is 1. The van der Waals surface area contributed by atoms with Crippen LogP contribution < -0.4 is 5.32 Å². The van der Waals surface area contributed by atoms with Crippen molar-refractivity contribution in [3.63, 3.8) is 0 Å². The van der Waals surface area contributed by atoms with Gasteiger partial charge in [-0.3, -0.25) is 4.79 Å². The molecule has 1 aromatic rings. The first-order chi connectivity index (χ1) is 9.13. The van der Waals surface area contributed by atoms with Crippen molar-refractivity contribution in [3.8, 4) is 0 Å². The lowest BCUT2D eigenvalue weighted by molar-refractivity contribution is -0.120. The minimum Gasteiger partial charge on any atom is -0.381 e. The normalized spacial score (nSPS) is 10.5. The molecule has 1 N–H and O–H groups in total. The molecule has 0 bridgehead atoms. The summed E-state index contributed by atoms with van der Waals surface area (Å²) in [6, 6.07) is 6.15. The number of aryl methyl sites for hydroxylation is 2. The lowest BCUT2D eigenvalue weighted by Gasteiger charge is -2.07. The lowest BCUT2D eigenvalue weighted by atomic mass is 10.0. The van der Waals surface area contributed by atoms with Crippen molar-refractivity contribution in [2.24, 2.45) is 0 Å². The Kier molecular flexibility index (Phi) is 7.75. The smallest absolute Gasteiger partial charge is 0.224 e. The predicted molar refractivity (Wildman–Crippen MR) is 81.9 cm³/mol. The predicted octanol–water partition coefficient (Wildman–Crippen LogP) is 2.76. The van der Waals surface area contributed by atoms with Gasteiger partial charge in [0, 0.05) is 18.5 Å². The van der Waals surface area contributed by atoms with Gasteiger partial charge in [-0.2, -0.15) is 0 Å². The van der Waals surface area contributed by atoms with Crippen molar-refractivity contribution >= 4 is 21.8 Å². The second-order valence-electron chi connectivity index (χ2n) is 4.60. The van der Waals surface area contributed by atoms with Crippen molar-refractivity contribution in [2.75, 3.05) is 25.1 Å². The highest BCUT2D eigenvalue weighted by atomic mass is 79.9. The third-order valence-corrected chi connectivity index (χ3v) is 3.27. The summed E-state index contributed by atoms with van der Waals surface area (Å²) in [6.45, 7) is 6.22. The number of ether oxygens (including phenoxy) is 1. The van der Waals surface area contributed by atoms with E-state index in [0.717, 1.165) is 23.9 Å². The SMILES string of the molecule is Cc1ccc(CC(=O)NCCCOCCBr)cc1C. The minimum atomic E-state index is 0.0729. The summed E-state index contributed by atoms with van der Waals surface area (Å²) in [5, 5.41) is 3.76. The maximum Gasteiger partial charge on any atom is 0.224 e. The first-order valence-corrected chi connectivity index (χ1v) is 7.72. The van der Waals surface area contributed by atoms with E-state index in [1.165, 1.54) is 11.1 Å². The fourth-order valence-electron chi connectivity index (χ4n) is 1.72. The summed E-state index contributed by atoms with van der Waals surface area (Å²) in [7, 11) is 0. The Morgan fingerprint density at radius 2 is 2.05 bits per heavy atom. The number of alkyl halides is 1. The summed E-state index contributed by atoms with van der Waals surface area (Å²) < 4.78 is 5.31. The van der Waals surface area contributed by atoms with Gasteiger partial charge in [-0.15, -0.1) is 0 Å². The Labute approximate surface area is 123 Å². The highest BCUT2D eigenvalue weighted by Crippen LogP contribution is 2.10. The summed E-state index contributed by atoms with van der Waals surface area (Å²) in [4.78, 5) is 11.7. The van der Waals surface area contributed by atoms with Gasteiger partial charge in [0.25, 0.3) is 0 Å². The van der Waals surface area contributed by atoms with Crippen LogP contribution in [0.3, 0.4) is 0 Å². The zero-order valence-corrected chi connectivity index (χ0v) is 13.3. The van der Waals surface area contributed by atoms with Crippen LogP contribution in [0.15, 0.2) is 18.2 Å². The number of carbonyl (C=O) groups is 1. The molecule has 0 aliphatic heterocycles. The van der Waals surface area contributed by atoms with Crippen molar-refractivity contribution in [1.29, 1.82) is 0 Å². The van der Waals surface area contributed by atoms with Crippen LogP contribution in [0.2, 0.25) is 0 Å². The lowest BCUT2D eigenvalue weighted by Crippen LogP contribution is -2.26. The van der Waals surface area contributed by atoms with Crippen molar-refractivity contribution in [1.82, 2.24) is 5.32 Å². The largest absolute Gasteiger partial charge is 0.381 e. The van der Waals surface area contributed by atoms with Crippen LogP contribution in [0.5, 0.6) is 0 Å². The molecule has 0 unspecified atom stereocenters. The highest BCUT2D eigenvalue weighted by Gasteiger charge is 2.03. The third-order valence-electron chi connectivity index (χ3n) is 2.95. The average Bonchev–Trinajstić information content (AvgIpc) is 2.38. The number of rotatable bonds is 8. The van der Waals surface area contributed by atoms with Crippen molar-refractivity contribution in [2.45, 2.75) is 26.7 Å². The van der Waals surface area contributed by atoms with Crippen LogP contribution >= 0.6 is 15.9 Å². The Morgan fingerprint density at radius 1 is 1.26 bits per heavy atom. The molecular weight excluding hydrogens is 306 g/mol. The zero-order valence-electron chi connectivity index (χ0n) is 11.7. The Hall–Kier alpha value is -0.870. The van der Waals surface area contributed by atoms with E-state index < -0.39 is 0 Å². The van der Waals surface area contributed by atoms with Gasteiger partial charge in [-0.25, -0.2) is 0 Å². The average molecular weight is 328 g/mol. The van der Waals surface area contributed by atoms with Crippen LogP contribution in [0.1, 0.15) is 23.1 Å². The van der Waals surface area contributed by atoms with Gasteiger partial charge in [-0.1, -0.05) is 34.1 Å². The molecule has 0 saturated heterocycles. The van der Waals surface area contributed by atoms with Gasteiger partial charge in [0.15, 0.2) is 0 Å². The second-order valence-corrected chi connectivity index (χ2v) is 5.39. The zero-order chi connectivity index (χ0) is 14.1. The molecule has 106 valence electrons. The Bertz CT molecular complexity index is 407. The fraction of sp³-hybridized carbons (Fsp3) is 0.533. The second kappa shape index (κ2) is 9.10. The van der Waals surface area contributed by atoms with Crippen LogP contribution in [-0.4, -0.2) is 31.0 Å². The number of carbonyl (C=O) groups excluding carboxylic acids is 1. The molecule has 0 aliphatic rings. The number of hydrogen-bond donors (Lipinski definition) is 1. The molecule has 0 radical (unpaired) electrons. The molecule has 1 rings (SSSR count). The van der Waals surface area contributed by atoms with Gasteiger partial charge in [0.05, 0.1) is 13.0 Å². The van der Waals surface area contributed by atoms with E-state index in [0.29, 0.717) is 19.6 Å².